The average molecular weight is 297 g/mol. The molecule has 0 aliphatic carbocycles. The Balaban J connectivity index is 1.64. The molecule has 1 aromatic carbocycles. The van der Waals surface area contributed by atoms with E-state index in [1.54, 1.807) is 6.21 Å². The van der Waals surface area contributed by atoms with E-state index in [1.807, 2.05) is 36.4 Å². The zero-order chi connectivity index (χ0) is 15.4. The van der Waals surface area contributed by atoms with E-state index in [1.165, 1.54) is 19.8 Å². The third-order valence-electron chi connectivity index (χ3n) is 3.56. The minimum atomic E-state index is -0.0821. The maximum atomic E-state index is 11.0. The predicted octanol–water partition coefficient (Wildman–Crippen LogP) is 3.59. The molecule has 0 atom stereocenters. The van der Waals surface area contributed by atoms with Crippen LogP contribution in [-0.2, 0) is 4.79 Å². The van der Waals surface area contributed by atoms with Gasteiger partial charge in [-0.05, 0) is 43.2 Å². The van der Waals surface area contributed by atoms with Crippen LogP contribution in [-0.4, -0.2) is 25.2 Å². The zero-order valence-corrected chi connectivity index (χ0v) is 12.6. The number of nitrogens with one attached hydrogen (secondary N) is 1. The lowest BCUT2D eigenvalue weighted by molar-refractivity contribution is -0.114. The number of carbonyl (C=O) groups is 1. The molecule has 1 fully saturated rings. The van der Waals surface area contributed by atoms with Gasteiger partial charge in [-0.15, -0.1) is 0 Å². The lowest BCUT2D eigenvalue weighted by Gasteiger charge is -2.12. The highest BCUT2D eigenvalue weighted by molar-refractivity contribution is 5.88. The number of anilines is 2. The summed E-state index contributed by atoms with van der Waals surface area (Å²) in [6.07, 6.45) is 4.17. The van der Waals surface area contributed by atoms with Gasteiger partial charge in [0, 0.05) is 31.8 Å². The molecule has 0 spiro atoms. The molecule has 1 aliphatic rings. The molecule has 0 bridgehead atoms. The summed E-state index contributed by atoms with van der Waals surface area (Å²) in [5.74, 6) is 1.58. The molecule has 1 saturated heterocycles. The number of hydrogen-bond donors (Lipinski definition) is 1. The molecule has 114 valence electrons. The van der Waals surface area contributed by atoms with Gasteiger partial charge in [-0.1, -0.05) is 0 Å². The van der Waals surface area contributed by atoms with Gasteiger partial charge in [0.05, 0.1) is 11.9 Å². The highest BCUT2D eigenvalue weighted by atomic mass is 16.4. The Morgan fingerprint density at radius 2 is 1.91 bits per heavy atom. The van der Waals surface area contributed by atoms with E-state index in [0.717, 1.165) is 36.1 Å². The fourth-order valence-corrected chi connectivity index (χ4v) is 2.49. The van der Waals surface area contributed by atoms with Gasteiger partial charge in [-0.2, -0.15) is 0 Å². The first kappa shape index (κ1) is 14.4. The van der Waals surface area contributed by atoms with Crippen LogP contribution in [0.15, 0.2) is 45.8 Å². The number of benzene rings is 1. The monoisotopic (exact) mass is 297 g/mol. The second kappa shape index (κ2) is 6.47. The maximum Gasteiger partial charge on any atom is 0.221 e. The van der Waals surface area contributed by atoms with Crippen LogP contribution in [0.2, 0.25) is 0 Å². The zero-order valence-electron chi connectivity index (χ0n) is 12.6. The van der Waals surface area contributed by atoms with Crippen molar-refractivity contribution >= 4 is 29.4 Å². The molecule has 0 unspecified atom stereocenters. The van der Waals surface area contributed by atoms with Crippen molar-refractivity contribution in [2.45, 2.75) is 19.8 Å². The minimum absolute atomic E-state index is 0.0821. The number of rotatable bonds is 4. The molecule has 5 nitrogen and oxygen atoms in total. The lowest BCUT2D eigenvalue weighted by atomic mass is 10.3. The van der Waals surface area contributed by atoms with E-state index in [4.69, 9.17) is 4.42 Å². The lowest BCUT2D eigenvalue weighted by Crippen LogP contribution is -2.16. The summed E-state index contributed by atoms with van der Waals surface area (Å²) < 4.78 is 5.79. The van der Waals surface area contributed by atoms with Gasteiger partial charge < -0.3 is 14.6 Å². The molecule has 1 amide bonds. The van der Waals surface area contributed by atoms with Crippen molar-refractivity contribution in [2.24, 2.45) is 4.99 Å². The first-order chi connectivity index (χ1) is 10.7. The van der Waals surface area contributed by atoms with E-state index in [9.17, 15) is 4.79 Å². The molecule has 5 heteroatoms. The first-order valence-electron chi connectivity index (χ1n) is 7.47. The van der Waals surface area contributed by atoms with Crippen molar-refractivity contribution < 1.29 is 9.21 Å². The topological polar surface area (TPSA) is 57.8 Å². The molecule has 1 aromatic heterocycles. The van der Waals surface area contributed by atoms with Crippen LogP contribution in [0, 0.1) is 0 Å². The number of furan rings is 1. The molecular weight excluding hydrogens is 278 g/mol. The molecule has 22 heavy (non-hydrogen) atoms. The smallest absolute Gasteiger partial charge is 0.221 e. The average Bonchev–Trinajstić information content (AvgIpc) is 3.17. The van der Waals surface area contributed by atoms with Gasteiger partial charge in [0.25, 0.3) is 0 Å². The molecule has 2 heterocycles. The van der Waals surface area contributed by atoms with Crippen molar-refractivity contribution in [1.82, 2.24) is 0 Å². The number of hydrogen-bond acceptors (Lipinski definition) is 4. The number of nitrogens with zero attached hydrogens (tertiary/aromatic N) is 2. The molecule has 1 aliphatic heterocycles. The maximum absolute atomic E-state index is 11.0. The van der Waals surface area contributed by atoms with Gasteiger partial charge in [-0.25, -0.2) is 0 Å². The first-order valence-corrected chi connectivity index (χ1v) is 7.47. The van der Waals surface area contributed by atoms with Crippen molar-refractivity contribution in [3.05, 3.63) is 42.2 Å². The third-order valence-corrected chi connectivity index (χ3v) is 3.56. The van der Waals surface area contributed by atoms with Crippen molar-refractivity contribution in [1.29, 1.82) is 0 Å². The summed E-state index contributed by atoms with van der Waals surface area (Å²) in [7, 11) is 0. The minimum Gasteiger partial charge on any atom is -0.440 e. The molecule has 1 N–H and O–H groups in total. The van der Waals surface area contributed by atoms with Gasteiger partial charge in [0.2, 0.25) is 5.91 Å². The Hall–Kier alpha value is -2.56. The Morgan fingerprint density at radius 3 is 2.59 bits per heavy atom. The summed E-state index contributed by atoms with van der Waals surface area (Å²) in [6, 6.07) is 11.3. The Bertz CT molecular complexity index is 667. The molecular formula is C17H19N3O2. The summed E-state index contributed by atoms with van der Waals surface area (Å²) in [5.41, 5.74) is 1.58. The third kappa shape index (κ3) is 3.55. The molecule has 0 saturated carbocycles. The number of aliphatic imine (C=N–C) groups is 1. The molecule has 2 aromatic rings. The normalized spacial score (nSPS) is 14.7. The van der Waals surface area contributed by atoms with E-state index in [0.29, 0.717) is 0 Å². The van der Waals surface area contributed by atoms with Crippen molar-refractivity contribution in [3.63, 3.8) is 0 Å². The van der Waals surface area contributed by atoms with Crippen LogP contribution in [0.3, 0.4) is 0 Å². The van der Waals surface area contributed by atoms with Gasteiger partial charge in [0.1, 0.15) is 5.76 Å². The molecule has 0 radical (unpaired) electrons. The predicted molar refractivity (Wildman–Crippen MR) is 88.2 cm³/mol. The SMILES string of the molecule is CC(=O)Nc1ccc(N=Cc2ccc(N3CCCC3)o2)cc1. The van der Waals surface area contributed by atoms with Gasteiger partial charge in [-0.3, -0.25) is 9.79 Å². The highest BCUT2D eigenvalue weighted by Crippen LogP contribution is 2.22. The van der Waals surface area contributed by atoms with Gasteiger partial charge in [0.15, 0.2) is 5.88 Å². The Labute approximate surface area is 129 Å². The van der Waals surface area contributed by atoms with Crippen molar-refractivity contribution in [3.8, 4) is 0 Å². The molecule has 3 rings (SSSR count). The van der Waals surface area contributed by atoms with Crippen molar-refractivity contribution in [2.75, 3.05) is 23.3 Å². The second-order valence-electron chi connectivity index (χ2n) is 5.36. The van der Waals surface area contributed by atoms with E-state index >= 15 is 0 Å². The van der Waals surface area contributed by atoms with Crippen LogP contribution >= 0.6 is 0 Å². The van der Waals surface area contributed by atoms with Crippen LogP contribution in [0.1, 0.15) is 25.5 Å². The summed E-state index contributed by atoms with van der Waals surface area (Å²) in [5, 5.41) is 2.73. The standard InChI is InChI=1S/C17H19N3O2/c1-13(21)19-15-6-4-14(5-7-15)18-12-16-8-9-17(22-16)20-10-2-3-11-20/h4-9,12H,2-3,10-11H2,1H3,(H,19,21). The highest BCUT2D eigenvalue weighted by Gasteiger charge is 2.14. The van der Waals surface area contributed by atoms with Gasteiger partial charge >= 0.3 is 0 Å². The Morgan fingerprint density at radius 1 is 1.18 bits per heavy atom. The van der Waals surface area contributed by atoms with Crippen LogP contribution < -0.4 is 10.2 Å². The van der Waals surface area contributed by atoms with Crippen LogP contribution in [0.25, 0.3) is 0 Å². The van der Waals surface area contributed by atoms with E-state index in [-0.39, 0.29) is 5.91 Å². The summed E-state index contributed by atoms with van der Waals surface area (Å²) in [4.78, 5) is 17.6. The fraction of sp³-hybridized carbons (Fsp3) is 0.294. The Kier molecular flexibility index (Phi) is 4.23. The number of carbonyl (C=O) groups excluding carboxylic acids is 1. The quantitative estimate of drug-likeness (QED) is 0.877. The van der Waals surface area contributed by atoms with Crippen LogP contribution in [0.5, 0.6) is 0 Å². The van der Waals surface area contributed by atoms with E-state index < -0.39 is 0 Å². The largest absolute Gasteiger partial charge is 0.440 e. The summed E-state index contributed by atoms with van der Waals surface area (Å²) >= 11 is 0. The van der Waals surface area contributed by atoms with Crippen LogP contribution in [0.4, 0.5) is 17.3 Å². The number of amides is 1. The second-order valence-corrected chi connectivity index (χ2v) is 5.36. The summed E-state index contributed by atoms with van der Waals surface area (Å²) in [6.45, 7) is 3.62. The fourth-order valence-electron chi connectivity index (χ4n) is 2.49. The van der Waals surface area contributed by atoms with E-state index in [2.05, 4.69) is 15.2 Å².